The van der Waals surface area contributed by atoms with Crippen molar-refractivity contribution in [3.05, 3.63) is 58.6 Å². The van der Waals surface area contributed by atoms with Crippen LogP contribution >= 0.6 is 11.6 Å². The topological polar surface area (TPSA) is 69.7 Å². The lowest BCUT2D eigenvalue weighted by molar-refractivity contribution is 0.0951. The fraction of sp³-hybridized carbons (Fsp3) is 0.350. The van der Waals surface area contributed by atoms with Crippen molar-refractivity contribution in [3.63, 3.8) is 0 Å². The van der Waals surface area contributed by atoms with Crippen molar-refractivity contribution in [2.24, 2.45) is 0 Å². The second-order valence-electron chi connectivity index (χ2n) is 7.02. The van der Waals surface area contributed by atoms with Crippen LogP contribution in [0.2, 0.25) is 5.02 Å². The summed E-state index contributed by atoms with van der Waals surface area (Å²) in [6.45, 7) is 4.19. The number of benzene rings is 2. The maximum Gasteiger partial charge on any atom is 0.253 e. The van der Waals surface area contributed by atoms with Crippen molar-refractivity contribution in [2.75, 3.05) is 44.4 Å². The Morgan fingerprint density at radius 3 is 2.46 bits per heavy atom. The molecule has 0 saturated carbocycles. The quantitative estimate of drug-likeness (QED) is 0.802. The van der Waals surface area contributed by atoms with Crippen molar-refractivity contribution in [1.29, 1.82) is 0 Å². The van der Waals surface area contributed by atoms with Gasteiger partial charge in [-0.05, 0) is 36.9 Å². The first-order chi connectivity index (χ1) is 13.3. The third kappa shape index (κ3) is 4.84. The van der Waals surface area contributed by atoms with Gasteiger partial charge in [-0.2, -0.15) is 0 Å². The number of nitrogens with zero attached hydrogens (tertiary/aromatic N) is 2. The number of carbonyl (C=O) groups is 1. The van der Waals surface area contributed by atoms with E-state index < -0.39 is 15.7 Å². The first-order valence-electron chi connectivity index (χ1n) is 9.05. The molecule has 150 valence electrons. The highest BCUT2D eigenvalue weighted by Gasteiger charge is 2.18. The van der Waals surface area contributed by atoms with E-state index in [0.717, 1.165) is 43.7 Å². The number of carbonyl (C=O) groups excluding carboxylic acids is 1. The van der Waals surface area contributed by atoms with E-state index in [0.29, 0.717) is 6.54 Å². The molecule has 6 nitrogen and oxygen atoms in total. The highest BCUT2D eigenvalue weighted by Crippen LogP contribution is 2.23. The van der Waals surface area contributed by atoms with E-state index in [4.69, 9.17) is 11.6 Å². The number of halogens is 1. The van der Waals surface area contributed by atoms with Crippen LogP contribution in [0.4, 0.5) is 5.69 Å². The van der Waals surface area contributed by atoms with Gasteiger partial charge in [0.1, 0.15) is 0 Å². The zero-order chi connectivity index (χ0) is 20.3. The molecule has 1 fully saturated rings. The minimum atomic E-state index is -3.42. The Bertz CT molecular complexity index is 970. The van der Waals surface area contributed by atoms with Crippen LogP contribution in [0, 0.1) is 0 Å². The van der Waals surface area contributed by atoms with Gasteiger partial charge in [-0.15, -0.1) is 0 Å². The Morgan fingerprint density at radius 1 is 1.11 bits per heavy atom. The first kappa shape index (κ1) is 20.6. The number of piperazine rings is 1. The monoisotopic (exact) mass is 421 g/mol. The zero-order valence-electron chi connectivity index (χ0n) is 16.0. The third-order valence-corrected chi connectivity index (χ3v) is 6.33. The van der Waals surface area contributed by atoms with E-state index in [-0.39, 0.29) is 15.5 Å². The number of hydrogen-bond donors (Lipinski definition) is 1. The molecule has 0 spiro atoms. The SMILES string of the molecule is CN1CCN(c2ccccc2CNC(=O)c2cc(S(C)(=O)=O)ccc2Cl)CC1. The Morgan fingerprint density at radius 2 is 1.79 bits per heavy atom. The summed E-state index contributed by atoms with van der Waals surface area (Å²) in [6, 6.07) is 12.1. The van der Waals surface area contributed by atoms with E-state index in [2.05, 4.69) is 28.2 Å². The molecule has 1 aliphatic heterocycles. The van der Waals surface area contributed by atoms with E-state index in [1.54, 1.807) is 0 Å². The third-order valence-electron chi connectivity index (χ3n) is 4.89. The minimum absolute atomic E-state index is 0.0693. The van der Waals surface area contributed by atoms with Crippen LogP contribution in [-0.2, 0) is 16.4 Å². The summed E-state index contributed by atoms with van der Waals surface area (Å²) in [4.78, 5) is 17.3. The molecule has 1 aliphatic rings. The van der Waals surface area contributed by atoms with Gasteiger partial charge in [0, 0.05) is 44.7 Å². The molecule has 0 radical (unpaired) electrons. The van der Waals surface area contributed by atoms with E-state index >= 15 is 0 Å². The average Bonchev–Trinajstić information content (AvgIpc) is 2.66. The summed E-state index contributed by atoms with van der Waals surface area (Å²) in [5.74, 6) is -0.399. The van der Waals surface area contributed by atoms with Crippen LogP contribution in [-0.4, -0.2) is 58.7 Å². The summed E-state index contributed by atoms with van der Waals surface area (Å²) in [5, 5.41) is 3.09. The van der Waals surface area contributed by atoms with E-state index in [1.807, 2.05) is 18.2 Å². The molecular weight excluding hydrogens is 398 g/mol. The van der Waals surface area contributed by atoms with Gasteiger partial charge in [0.15, 0.2) is 9.84 Å². The molecule has 2 aromatic carbocycles. The largest absolute Gasteiger partial charge is 0.369 e. The average molecular weight is 422 g/mol. The number of likely N-dealkylation sites (N-methyl/N-ethyl adjacent to an activating group) is 1. The maximum absolute atomic E-state index is 12.6. The van der Waals surface area contributed by atoms with Gasteiger partial charge in [-0.1, -0.05) is 29.8 Å². The molecule has 1 amide bonds. The van der Waals surface area contributed by atoms with Crippen molar-refractivity contribution >= 4 is 33.0 Å². The standard InChI is InChI=1S/C20H24ClN3O3S/c1-23-9-11-24(12-10-23)19-6-4-3-5-15(19)14-22-20(25)17-13-16(28(2,26)27)7-8-18(17)21/h3-8,13H,9-12,14H2,1-2H3,(H,22,25). The number of para-hydroxylation sites is 1. The van der Waals surface area contributed by atoms with Crippen LogP contribution in [0.1, 0.15) is 15.9 Å². The molecular formula is C20H24ClN3O3S. The van der Waals surface area contributed by atoms with Crippen LogP contribution in [0.25, 0.3) is 0 Å². The van der Waals surface area contributed by atoms with Gasteiger partial charge in [0.2, 0.25) is 0 Å². The van der Waals surface area contributed by atoms with Crippen LogP contribution in [0.3, 0.4) is 0 Å². The smallest absolute Gasteiger partial charge is 0.253 e. The minimum Gasteiger partial charge on any atom is -0.369 e. The van der Waals surface area contributed by atoms with Crippen molar-refractivity contribution in [1.82, 2.24) is 10.2 Å². The molecule has 0 atom stereocenters. The predicted octanol–water partition coefficient (Wildman–Crippen LogP) is 2.43. The Balaban J connectivity index is 1.76. The molecule has 0 aromatic heterocycles. The van der Waals surface area contributed by atoms with Gasteiger partial charge in [-0.25, -0.2) is 8.42 Å². The zero-order valence-corrected chi connectivity index (χ0v) is 17.6. The normalized spacial score (nSPS) is 15.5. The molecule has 0 bridgehead atoms. The molecule has 3 rings (SSSR count). The number of sulfone groups is 1. The van der Waals surface area contributed by atoms with Crippen molar-refractivity contribution in [2.45, 2.75) is 11.4 Å². The molecule has 28 heavy (non-hydrogen) atoms. The molecule has 1 heterocycles. The molecule has 1 saturated heterocycles. The van der Waals surface area contributed by atoms with Crippen molar-refractivity contribution in [3.8, 4) is 0 Å². The second kappa shape index (κ2) is 8.51. The second-order valence-corrected chi connectivity index (χ2v) is 9.44. The fourth-order valence-electron chi connectivity index (χ4n) is 3.20. The molecule has 0 aliphatic carbocycles. The first-order valence-corrected chi connectivity index (χ1v) is 11.3. The number of amides is 1. The van der Waals surface area contributed by atoms with Crippen molar-refractivity contribution < 1.29 is 13.2 Å². The Labute approximate surface area is 171 Å². The summed E-state index contributed by atoms with van der Waals surface area (Å²) in [6.07, 6.45) is 1.10. The number of rotatable bonds is 5. The maximum atomic E-state index is 12.6. The van der Waals surface area contributed by atoms with Gasteiger partial charge < -0.3 is 15.1 Å². The van der Waals surface area contributed by atoms with Gasteiger partial charge in [0.25, 0.3) is 5.91 Å². The lowest BCUT2D eigenvalue weighted by atomic mass is 10.1. The van der Waals surface area contributed by atoms with Gasteiger partial charge in [-0.3, -0.25) is 4.79 Å². The van der Waals surface area contributed by atoms with Crippen LogP contribution in [0.15, 0.2) is 47.4 Å². The summed E-state index contributed by atoms with van der Waals surface area (Å²) < 4.78 is 23.5. The van der Waals surface area contributed by atoms with E-state index in [1.165, 1.54) is 18.2 Å². The molecule has 2 aromatic rings. The predicted molar refractivity (Wildman–Crippen MR) is 112 cm³/mol. The lowest BCUT2D eigenvalue weighted by Crippen LogP contribution is -2.45. The van der Waals surface area contributed by atoms with Gasteiger partial charge in [0.05, 0.1) is 15.5 Å². The number of hydrogen-bond acceptors (Lipinski definition) is 5. The highest BCUT2D eigenvalue weighted by atomic mass is 35.5. The number of anilines is 1. The Hall–Kier alpha value is -2.09. The van der Waals surface area contributed by atoms with E-state index in [9.17, 15) is 13.2 Å². The fourth-order valence-corrected chi connectivity index (χ4v) is 4.05. The van der Waals surface area contributed by atoms with Crippen LogP contribution in [0.5, 0.6) is 0 Å². The lowest BCUT2D eigenvalue weighted by Gasteiger charge is -2.35. The summed E-state index contributed by atoms with van der Waals surface area (Å²) in [7, 11) is -1.31. The van der Waals surface area contributed by atoms with Crippen LogP contribution < -0.4 is 10.2 Å². The summed E-state index contributed by atoms with van der Waals surface area (Å²) in [5.41, 5.74) is 2.27. The van der Waals surface area contributed by atoms with Gasteiger partial charge >= 0.3 is 0 Å². The highest BCUT2D eigenvalue weighted by molar-refractivity contribution is 7.90. The molecule has 1 N–H and O–H groups in total. The molecule has 0 unspecified atom stereocenters. The number of nitrogens with one attached hydrogen (secondary N) is 1. The summed E-state index contributed by atoms with van der Waals surface area (Å²) >= 11 is 6.12. The molecule has 8 heteroatoms. The Kier molecular flexibility index (Phi) is 6.27.